The maximum absolute atomic E-state index is 11.9. The molecule has 1 rings (SSSR count). The van der Waals surface area contributed by atoms with E-state index in [1.807, 2.05) is 6.26 Å². The number of aromatic carboxylic acids is 1. The summed E-state index contributed by atoms with van der Waals surface area (Å²) >= 11 is 7.32. The molecule has 0 amide bonds. The van der Waals surface area contributed by atoms with E-state index >= 15 is 0 Å². The molecule has 18 heavy (non-hydrogen) atoms. The van der Waals surface area contributed by atoms with Crippen LogP contribution in [-0.4, -0.2) is 37.3 Å². The van der Waals surface area contributed by atoms with Gasteiger partial charge >= 0.3 is 5.97 Å². The first kappa shape index (κ1) is 15.3. The monoisotopic (exact) mass is 308 g/mol. The molecule has 0 aliphatic carbocycles. The number of benzene rings is 1. The van der Waals surface area contributed by atoms with Gasteiger partial charge in [0.05, 0.1) is 21.2 Å². The van der Waals surface area contributed by atoms with Crippen LogP contribution in [0.4, 0.5) is 0 Å². The first-order chi connectivity index (χ1) is 8.38. The summed E-state index contributed by atoms with van der Waals surface area (Å²) in [6.45, 7) is 0. The van der Waals surface area contributed by atoms with Gasteiger partial charge in [-0.3, -0.25) is 0 Å². The van der Waals surface area contributed by atoms with E-state index in [2.05, 4.69) is 0 Å². The Kier molecular flexibility index (Phi) is 5.49. The Bertz CT molecular complexity index is 540. The van der Waals surface area contributed by atoms with Gasteiger partial charge in [0.25, 0.3) is 0 Å². The molecule has 0 bridgehead atoms. The lowest BCUT2D eigenvalue weighted by molar-refractivity contribution is 0.0697. The van der Waals surface area contributed by atoms with Gasteiger partial charge in [-0.05, 0) is 36.6 Å². The fraction of sp³-hybridized carbons (Fsp3) is 0.364. The quantitative estimate of drug-likeness (QED) is 0.818. The predicted octanol–water partition coefficient (Wildman–Crippen LogP) is 2.57. The van der Waals surface area contributed by atoms with Gasteiger partial charge in [0, 0.05) is 0 Å². The number of carbonyl (C=O) groups is 1. The van der Waals surface area contributed by atoms with Gasteiger partial charge in [0.1, 0.15) is 0 Å². The summed E-state index contributed by atoms with van der Waals surface area (Å²) in [4.78, 5) is 10.8. The van der Waals surface area contributed by atoms with Crippen molar-refractivity contribution in [1.82, 2.24) is 0 Å². The third kappa shape index (κ3) is 3.90. The first-order valence-electron chi connectivity index (χ1n) is 5.13. The van der Waals surface area contributed by atoms with Crippen molar-refractivity contribution >= 4 is 39.2 Å². The zero-order chi connectivity index (χ0) is 13.8. The highest BCUT2D eigenvalue weighted by molar-refractivity contribution is 7.98. The van der Waals surface area contributed by atoms with E-state index in [9.17, 15) is 13.2 Å². The van der Waals surface area contributed by atoms with E-state index in [1.165, 1.54) is 18.2 Å². The Morgan fingerprint density at radius 2 is 2.11 bits per heavy atom. The molecule has 100 valence electrons. The molecule has 0 atom stereocenters. The van der Waals surface area contributed by atoms with Gasteiger partial charge < -0.3 is 5.11 Å². The van der Waals surface area contributed by atoms with Crippen LogP contribution < -0.4 is 0 Å². The summed E-state index contributed by atoms with van der Waals surface area (Å²) in [7, 11) is -3.39. The third-order valence-electron chi connectivity index (χ3n) is 2.29. The number of hydrogen-bond acceptors (Lipinski definition) is 4. The Balaban J connectivity index is 2.97. The Hall–Kier alpha value is -0.720. The number of halogens is 1. The topological polar surface area (TPSA) is 71.4 Å². The van der Waals surface area contributed by atoms with Crippen molar-refractivity contribution in [2.75, 3.05) is 17.8 Å². The molecular formula is C11H13ClO4S2. The van der Waals surface area contributed by atoms with Crippen molar-refractivity contribution in [2.24, 2.45) is 0 Å². The number of thioether (sulfide) groups is 1. The molecule has 0 saturated carbocycles. The normalized spacial score (nSPS) is 11.4. The predicted molar refractivity (Wildman–Crippen MR) is 73.5 cm³/mol. The van der Waals surface area contributed by atoms with E-state index in [0.717, 1.165) is 5.75 Å². The molecule has 0 radical (unpaired) electrons. The zero-order valence-electron chi connectivity index (χ0n) is 9.72. The van der Waals surface area contributed by atoms with Crippen LogP contribution in [0.25, 0.3) is 0 Å². The Labute approximate surface area is 115 Å². The lowest BCUT2D eigenvalue weighted by Crippen LogP contribution is -2.08. The SMILES string of the molecule is CSCCCS(=O)(=O)c1ccc(C(=O)O)c(Cl)c1. The minimum Gasteiger partial charge on any atom is -0.478 e. The zero-order valence-corrected chi connectivity index (χ0v) is 12.1. The fourth-order valence-electron chi connectivity index (χ4n) is 1.37. The third-order valence-corrected chi connectivity index (χ3v) is 5.10. The molecule has 1 aromatic carbocycles. The summed E-state index contributed by atoms with van der Waals surface area (Å²) in [5, 5.41) is 8.73. The van der Waals surface area contributed by atoms with E-state index in [1.54, 1.807) is 11.8 Å². The second kappa shape index (κ2) is 6.45. The number of hydrogen-bond donors (Lipinski definition) is 1. The summed E-state index contributed by atoms with van der Waals surface area (Å²) in [6.07, 6.45) is 2.47. The molecule has 0 aliphatic rings. The molecule has 1 N–H and O–H groups in total. The lowest BCUT2D eigenvalue weighted by atomic mass is 10.2. The van der Waals surface area contributed by atoms with Crippen LogP contribution in [0, 0.1) is 0 Å². The van der Waals surface area contributed by atoms with Crippen molar-refractivity contribution in [1.29, 1.82) is 0 Å². The highest BCUT2D eigenvalue weighted by Gasteiger charge is 2.17. The second-order valence-electron chi connectivity index (χ2n) is 3.61. The van der Waals surface area contributed by atoms with Crippen LogP contribution in [0.2, 0.25) is 5.02 Å². The molecule has 0 saturated heterocycles. The first-order valence-corrected chi connectivity index (χ1v) is 8.55. The molecule has 0 spiro atoms. The average Bonchev–Trinajstić information content (AvgIpc) is 2.28. The molecule has 4 nitrogen and oxygen atoms in total. The van der Waals surface area contributed by atoms with Crippen molar-refractivity contribution in [3.05, 3.63) is 28.8 Å². The minimum atomic E-state index is -3.39. The molecular weight excluding hydrogens is 296 g/mol. The van der Waals surface area contributed by atoms with E-state index in [0.29, 0.717) is 6.42 Å². The molecule has 0 aliphatic heterocycles. The molecule has 7 heteroatoms. The highest BCUT2D eigenvalue weighted by Crippen LogP contribution is 2.22. The van der Waals surface area contributed by atoms with Crippen LogP contribution in [-0.2, 0) is 9.84 Å². The van der Waals surface area contributed by atoms with Gasteiger partial charge in [-0.2, -0.15) is 11.8 Å². The Morgan fingerprint density at radius 1 is 1.44 bits per heavy atom. The standard InChI is InChI=1S/C11H13ClO4S2/c1-17-5-2-6-18(15,16)8-3-4-9(11(13)14)10(12)7-8/h3-4,7H,2,5-6H2,1H3,(H,13,14). The van der Waals surface area contributed by atoms with E-state index in [-0.39, 0.29) is 21.2 Å². The molecule has 1 aromatic rings. The average molecular weight is 309 g/mol. The van der Waals surface area contributed by atoms with Crippen LogP contribution >= 0.6 is 23.4 Å². The maximum atomic E-state index is 11.9. The number of sulfone groups is 1. The molecule has 0 aromatic heterocycles. The lowest BCUT2D eigenvalue weighted by Gasteiger charge is -2.06. The highest BCUT2D eigenvalue weighted by atomic mass is 35.5. The van der Waals surface area contributed by atoms with Crippen molar-refractivity contribution < 1.29 is 18.3 Å². The largest absolute Gasteiger partial charge is 0.478 e. The van der Waals surface area contributed by atoms with Gasteiger partial charge in [-0.25, -0.2) is 13.2 Å². The number of carboxylic acids is 1. The van der Waals surface area contributed by atoms with Crippen LogP contribution in [0.3, 0.4) is 0 Å². The summed E-state index contributed by atoms with van der Waals surface area (Å²) < 4.78 is 23.9. The number of rotatable bonds is 6. The minimum absolute atomic E-state index is 0.0383. The van der Waals surface area contributed by atoms with Crippen molar-refractivity contribution in [2.45, 2.75) is 11.3 Å². The fourth-order valence-corrected chi connectivity index (χ4v) is 3.65. The van der Waals surface area contributed by atoms with E-state index < -0.39 is 15.8 Å². The van der Waals surface area contributed by atoms with Crippen LogP contribution in [0.1, 0.15) is 16.8 Å². The summed E-state index contributed by atoms with van der Waals surface area (Å²) in [5.74, 6) is -0.372. The van der Waals surface area contributed by atoms with Crippen molar-refractivity contribution in [3.8, 4) is 0 Å². The number of carboxylic acid groups (broad SMARTS) is 1. The van der Waals surface area contributed by atoms with Crippen molar-refractivity contribution in [3.63, 3.8) is 0 Å². The molecule has 0 fully saturated rings. The van der Waals surface area contributed by atoms with Gasteiger partial charge in [0.2, 0.25) is 0 Å². The van der Waals surface area contributed by atoms with Crippen LogP contribution in [0.5, 0.6) is 0 Å². The smallest absolute Gasteiger partial charge is 0.337 e. The summed E-state index contributed by atoms with van der Waals surface area (Å²) in [6, 6.07) is 3.69. The van der Waals surface area contributed by atoms with Crippen LogP contribution in [0.15, 0.2) is 23.1 Å². The second-order valence-corrected chi connectivity index (χ2v) is 7.11. The summed E-state index contributed by atoms with van der Waals surface area (Å²) in [5.41, 5.74) is -0.0975. The molecule has 0 heterocycles. The van der Waals surface area contributed by atoms with Gasteiger partial charge in [-0.15, -0.1) is 0 Å². The molecule has 0 unspecified atom stereocenters. The van der Waals surface area contributed by atoms with Gasteiger partial charge in [0.15, 0.2) is 9.84 Å². The van der Waals surface area contributed by atoms with E-state index in [4.69, 9.17) is 16.7 Å². The maximum Gasteiger partial charge on any atom is 0.337 e. The Morgan fingerprint density at radius 3 is 2.61 bits per heavy atom. The van der Waals surface area contributed by atoms with Gasteiger partial charge in [-0.1, -0.05) is 11.6 Å².